The van der Waals surface area contributed by atoms with Crippen molar-refractivity contribution in [3.8, 4) is 0 Å². The van der Waals surface area contributed by atoms with Crippen LogP contribution in [0.3, 0.4) is 0 Å². The van der Waals surface area contributed by atoms with Crippen molar-refractivity contribution in [3.05, 3.63) is 58.9 Å². The third kappa shape index (κ3) is 2.89. The van der Waals surface area contributed by atoms with Crippen LogP contribution < -0.4 is 5.73 Å². The van der Waals surface area contributed by atoms with Crippen molar-refractivity contribution in [3.63, 3.8) is 0 Å². The van der Waals surface area contributed by atoms with Crippen LogP contribution in [0.4, 0.5) is 10.1 Å². The van der Waals surface area contributed by atoms with Crippen molar-refractivity contribution in [2.75, 3.05) is 5.73 Å². The molecule has 2 N–H and O–H groups in total. The summed E-state index contributed by atoms with van der Waals surface area (Å²) in [4.78, 5) is 0.404. The molecule has 2 aromatic carbocycles. The maximum atomic E-state index is 13.3. The molecule has 0 radical (unpaired) electrons. The Hall–Kier alpha value is -1.39. The van der Waals surface area contributed by atoms with Crippen molar-refractivity contribution in [2.45, 2.75) is 10.6 Å². The van der Waals surface area contributed by atoms with Gasteiger partial charge in [-0.3, -0.25) is 4.21 Å². The first-order chi connectivity index (χ1) is 8.58. The minimum atomic E-state index is -1.34. The number of nitrogen functional groups attached to an aromatic ring is 1. The highest BCUT2D eigenvalue weighted by molar-refractivity contribution is 7.84. The molecule has 2 rings (SSSR count). The molecule has 18 heavy (non-hydrogen) atoms. The Balaban J connectivity index is 2.22. The zero-order valence-electron chi connectivity index (χ0n) is 9.40. The lowest BCUT2D eigenvalue weighted by Crippen LogP contribution is -1.99. The van der Waals surface area contributed by atoms with E-state index < -0.39 is 16.6 Å². The molecule has 0 heterocycles. The third-order valence-corrected chi connectivity index (χ3v) is 4.20. The van der Waals surface area contributed by atoms with E-state index in [9.17, 15) is 8.60 Å². The van der Waals surface area contributed by atoms with Crippen LogP contribution in [0.25, 0.3) is 0 Å². The predicted molar refractivity (Wildman–Crippen MR) is 72.4 cm³/mol. The highest BCUT2D eigenvalue weighted by Crippen LogP contribution is 2.21. The van der Waals surface area contributed by atoms with Gasteiger partial charge in [0.05, 0.1) is 22.2 Å². The molecule has 0 saturated carbocycles. The number of rotatable bonds is 3. The summed E-state index contributed by atoms with van der Waals surface area (Å²) in [6, 6.07) is 11.3. The summed E-state index contributed by atoms with van der Waals surface area (Å²) in [5.41, 5.74) is 6.19. The van der Waals surface area contributed by atoms with Gasteiger partial charge in [0.25, 0.3) is 0 Å². The molecule has 0 aromatic heterocycles. The molecular weight excluding hydrogens is 273 g/mol. The molecule has 1 atom stereocenters. The highest BCUT2D eigenvalue weighted by atomic mass is 35.5. The molecule has 5 heteroatoms. The summed E-state index contributed by atoms with van der Waals surface area (Å²) in [6.07, 6.45) is 0. The Morgan fingerprint density at radius 1 is 1.22 bits per heavy atom. The average molecular weight is 284 g/mol. The Kier molecular flexibility index (Phi) is 3.99. The lowest BCUT2D eigenvalue weighted by Gasteiger charge is -2.05. The van der Waals surface area contributed by atoms with Gasteiger partial charge in [-0.25, -0.2) is 4.39 Å². The Labute approximate surface area is 112 Å². The van der Waals surface area contributed by atoms with E-state index in [2.05, 4.69) is 0 Å². The van der Waals surface area contributed by atoms with Crippen LogP contribution >= 0.6 is 11.6 Å². The van der Waals surface area contributed by atoms with Gasteiger partial charge < -0.3 is 5.73 Å². The summed E-state index contributed by atoms with van der Waals surface area (Å²) < 4.78 is 25.3. The summed E-state index contributed by atoms with van der Waals surface area (Å²) in [5.74, 6) is -0.303. The van der Waals surface area contributed by atoms with Gasteiger partial charge >= 0.3 is 0 Å². The summed E-state index contributed by atoms with van der Waals surface area (Å²) >= 11 is 5.98. The van der Waals surface area contributed by atoms with E-state index >= 15 is 0 Å². The van der Waals surface area contributed by atoms with Crippen LogP contribution in [0.1, 0.15) is 5.56 Å². The lowest BCUT2D eigenvalue weighted by atomic mass is 10.2. The van der Waals surface area contributed by atoms with Gasteiger partial charge in [-0.05, 0) is 29.8 Å². The van der Waals surface area contributed by atoms with Crippen LogP contribution in [-0.4, -0.2) is 4.21 Å². The fraction of sp³-hybridized carbons (Fsp3) is 0.0769. The predicted octanol–water partition coefficient (Wildman–Crippen LogP) is 3.37. The SMILES string of the molecule is Nc1ccc(S(=O)Cc2ccccc2Cl)cc1F. The molecular formula is C13H11ClFNOS. The van der Waals surface area contributed by atoms with Gasteiger partial charge in [0.2, 0.25) is 0 Å². The largest absolute Gasteiger partial charge is 0.396 e. The third-order valence-electron chi connectivity index (χ3n) is 2.48. The summed E-state index contributed by atoms with van der Waals surface area (Å²) in [5, 5.41) is 0.557. The molecule has 0 fully saturated rings. The molecule has 94 valence electrons. The molecule has 0 aliphatic heterocycles. The molecule has 1 unspecified atom stereocenters. The van der Waals surface area contributed by atoms with Crippen molar-refractivity contribution in [1.29, 1.82) is 0 Å². The average Bonchev–Trinajstić information content (AvgIpc) is 2.35. The number of benzene rings is 2. The maximum Gasteiger partial charge on any atom is 0.147 e. The van der Waals surface area contributed by atoms with Crippen LogP contribution in [-0.2, 0) is 16.6 Å². The second-order valence-corrected chi connectivity index (χ2v) is 5.62. The van der Waals surface area contributed by atoms with E-state index in [1.54, 1.807) is 24.3 Å². The lowest BCUT2D eigenvalue weighted by molar-refractivity contribution is 0.627. The molecule has 0 aliphatic rings. The molecule has 2 aromatic rings. The fourth-order valence-corrected chi connectivity index (χ4v) is 2.93. The van der Waals surface area contributed by atoms with Gasteiger partial charge in [0.1, 0.15) is 5.82 Å². The van der Waals surface area contributed by atoms with Crippen LogP contribution in [0, 0.1) is 5.82 Å². The molecule has 0 saturated heterocycles. The Morgan fingerprint density at radius 2 is 1.94 bits per heavy atom. The molecule has 2 nitrogen and oxygen atoms in total. The molecule has 0 aliphatic carbocycles. The number of halogens is 2. The summed E-state index contributed by atoms with van der Waals surface area (Å²) in [6.45, 7) is 0. The monoisotopic (exact) mass is 283 g/mol. The van der Waals surface area contributed by atoms with E-state index in [4.69, 9.17) is 17.3 Å². The van der Waals surface area contributed by atoms with E-state index in [0.29, 0.717) is 9.92 Å². The first kappa shape index (κ1) is 13.1. The Bertz CT molecular complexity index is 603. The minimum Gasteiger partial charge on any atom is -0.396 e. The zero-order chi connectivity index (χ0) is 13.1. The second kappa shape index (κ2) is 5.50. The standard InChI is InChI=1S/C13H11ClFNOS/c14-11-4-2-1-3-9(11)8-18(17)10-5-6-13(16)12(15)7-10/h1-7H,8,16H2. The zero-order valence-corrected chi connectivity index (χ0v) is 11.0. The topological polar surface area (TPSA) is 43.1 Å². The van der Waals surface area contributed by atoms with E-state index in [1.165, 1.54) is 12.1 Å². The van der Waals surface area contributed by atoms with E-state index in [0.717, 1.165) is 5.56 Å². The first-order valence-electron chi connectivity index (χ1n) is 5.25. The van der Waals surface area contributed by atoms with Crippen LogP contribution in [0.5, 0.6) is 0 Å². The quantitative estimate of drug-likeness (QED) is 0.878. The van der Waals surface area contributed by atoms with E-state index in [-0.39, 0.29) is 11.4 Å². The van der Waals surface area contributed by atoms with Gasteiger partial charge in [-0.15, -0.1) is 0 Å². The van der Waals surface area contributed by atoms with Crippen molar-refractivity contribution >= 4 is 28.1 Å². The van der Waals surface area contributed by atoms with Crippen molar-refractivity contribution < 1.29 is 8.60 Å². The number of nitrogens with two attached hydrogens (primary N) is 1. The maximum absolute atomic E-state index is 13.3. The van der Waals surface area contributed by atoms with E-state index in [1.807, 2.05) is 6.07 Å². The smallest absolute Gasteiger partial charge is 0.147 e. The van der Waals surface area contributed by atoms with Gasteiger partial charge in [0.15, 0.2) is 0 Å². The number of anilines is 1. The first-order valence-corrected chi connectivity index (χ1v) is 6.94. The van der Waals surface area contributed by atoms with Gasteiger partial charge in [0, 0.05) is 9.92 Å². The van der Waals surface area contributed by atoms with Crippen molar-refractivity contribution in [1.82, 2.24) is 0 Å². The minimum absolute atomic E-state index is 0.0495. The fourth-order valence-electron chi connectivity index (χ4n) is 1.49. The molecule has 0 spiro atoms. The van der Waals surface area contributed by atoms with Crippen LogP contribution in [0.2, 0.25) is 5.02 Å². The Morgan fingerprint density at radius 3 is 2.61 bits per heavy atom. The van der Waals surface area contributed by atoms with Crippen molar-refractivity contribution in [2.24, 2.45) is 0 Å². The molecule has 0 bridgehead atoms. The molecule has 0 amide bonds. The highest BCUT2D eigenvalue weighted by Gasteiger charge is 2.09. The second-order valence-electron chi connectivity index (χ2n) is 3.76. The van der Waals surface area contributed by atoms with Gasteiger partial charge in [-0.1, -0.05) is 29.8 Å². The number of hydrogen-bond acceptors (Lipinski definition) is 2. The van der Waals surface area contributed by atoms with Crippen LogP contribution in [0.15, 0.2) is 47.4 Å². The summed E-state index contributed by atoms with van der Waals surface area (Å²) in [7, 11) is -1.34. The normalized spacial score (nSPS) is 12.3. The van der Waals surface area contributed by atoms with Gasteiger partial charge in [-0.2, -0.15) is 0 Å². The number of hydrogen-bond donors (Lipinski definition) is 1.